The zero-order valence-corrected chi connectivity index (χ0v) is 18.7. The van der Waals surface area contributed by atoms with E-state index in [-0.39, 0.29) is 25.1 Å². The van der Waals surface area contributed by atoms with Crippen LogP contribution in [0, 0.1) is 0 Å². The Hall–Kier alpha value is -3.08. The van der Waals surface area contributed by atoms with E-state index in [0.717, 1.165) is 31.9 Å². The first-order chi connectivity index (χ1) is 15.3. The van der Waals surface area contributed by atoms with Gasteiger partial charge in [-0.05, 0) is 23.3 Å². The first-order valence-electron chi connectivity index (χ1n) is 9.92. The number of carbonyl (C=O) groups excluding carboxylic acids is 1. The molecule has 0 spiro atoms. The standard InChI is InChI=1S/C22H19N3O5S2/c1-32(28,29)24-12-15-7-3-2-6-14(15)10-18(24)21(27)30-13-16-11-20(26)25-17-8-4-5-9-19(17)31-22(25)23-16/h2-9,11,18H,10,12-13H2,1H3/t18-/m0/s1. The van der Waals surface area contributed by atoms with Gasteiger partial charge >= 0.3 is 5.97 Å². The number of thiazole rings is 1. The molecule has 1 aliphatic rings. The molecule has 4 aromatic rings. The van der Waals surface area contributed by atoms with E-state index in [1.165, 1.54) is 21.8 Å². The lowest BCUT2D eigenvalue weighted by atomic mass is 9.96. The first kappa shape index (κ1) is 20.8. The number of hydrogen-bond acceptors (Lipinski definition) is 7. The van der Waals surface area contributed by atoms with Crippen molar-refractivity contribution in [1.82, 2.24) is 13.7 Å². The molecule has 164 valence electrons. The number of sulfonamides is 1. The van der Waals surface area contributed by atoms with E-state index in [1.807, 2.05) is 48.5 Å². The smallest absolute Gasteiger partial charge is 0.325 e. The summed E-state index contributed by atoms with van der Waals surface area (Å²) in [5.74, 6) is -0.664. The molecule has 1 atom stereocenters. The summed E-state index contributed by atoms with van der Waals surface area (Å²) in [6.07, 6.45) is 1.31. The van der Waals surface area contributed by atoms with Gasteiger partial charge in [0.25, 0.3) is 5.56 Å². The van der Waals surface area contributed by atoms with Crippen LogP contribution < -0.4 is 5.56 Å². The molecular formula is C22H19N3O5S2. The average molecular weight is 470 g/mol. The van der Waals surface area contributed by atoms with Crippen LogP contribution >= 0.6 is 11.3 Å². The van der Waals surface area contributed by atoms with Crippen molar-refractivity contribution in [3.8, 4) is 0 Å². The zero-order valence-electron chi connectivity index (χ0n) is 17.1. The number of esters is 1. The Balaban J connectivity index is 1.40. The molecule has 0 saturated carbocycles. The number of carbonyl (C=O) groups is 1. The molecule has 2 aromatic carbocycles. The van der Waals surface area contributed by atoms with Crippen LogP contribution in [0.2, 0.25) is 0 Å². The predicted octanol–water partition coefficient (Wildman–Crippen LogP) is 2.34. The molecule has 8 nitrogen and oxygen atoms in total. The summed E-state index contributed by atoms with van der Waals surface area (Å²) in [6.45, 7) is -0.101. The molecule has 10 heteroatoms. The molecule has 0 saturated heterocycles. The van der Waals surface area contributed by atoms with Gasteiger partial charge in [0.1, 0.15) is 12.6 Å². The van der Waals surface area contributed by atoms with Crippen LogP contribution in [0.4, 0.5) is 0 Å². The number of ether oxygens (including phenoxy) is 1. The van der Waals surface area contributed by atoms with Crippen molar-refractivity contribution in [2.24, 2.45) is 0 Å². The Kier molecular flexibility index (Phi) is 5.07. The van der Waals surface area contributed by atoms with Gasteiger partial charge in [-0.3, -0.25) is 14.0 Å². The number of fused-ring (bicyclic) bond motifs is 4. The van der Waals surface area contributed by atoms with Gasteiger partial charge in [0.05, 0.1) is 22.2 Å². The fourth-order valence-electron chi connectivity index (χ4n) is 3.99. The molecule has 5 rings (SSSR count). The van der Waals surface area contributed by atoms with Gasteiger partial charge in [-0.15, -0.1) is 0 Å². The highest BCUT2D eigenvalue weighted by atomic mass is 32.2. The second-order valence-corrected chi connectivity index (χ2v) is 10.6. The zero-order chi connectivity index (χ0) is 22.5. The minimum absolute atomic E-state index is 0.113. The topological polar surface area (TPSA) is 98.0 Å². The Morgan fingerprint density at radius 1 is 1.16 bits per heavy atom. The van der Waals surface area contributed by atoms with Crippen molar-refractivity contribution < 1.29 is 17.9 Å². The van der Waals surface area contributed by atoms with E-state index < -0.39 is 22.0 Å². The van der Waals surface area contributed by atoms with E-state index in [2.05, 4.69) is 4.98 Å². The lowest BCUT2D eigenvalue weighted by Crippen LogP contribution is -2.48. The molecule has 0 aliphatic carbocycles. The number of aromatic nitrogens is 2. The number of para-hydroxylation sites is 1. The van der Waals surface area contributed by atoms with E-state index in [1.54, 1.807) is 0 Å². The average Bonchev–Trinajstić information content (AvgIpc) is 3.15. The van der Waals surface area contributed by atoms with Crippen LogP contribution in [0.1, 0.15) is 16.8 Å². The number of rotatable bonds is 4. The minimum atomic E-state index is -3.63. The number of nitrogens with zero attached hydrogens (tertiary/aromatic N) is 3. The summed E-state index contributed by atoms with van der Waals surface area (Å²) in [6, 6.07) is 15.3. The maximum Gasteiger partial charge on any atom is 0.325 e. The third kappa shape index (κ3) is 3.70. The lowest BCUT2D eigenvalue weighted by Gasteiger charge is -2.33. The van der Waals surface area contributed by atoms with Crippen molar-refractivity contribution in [2.75, 3.05) is 6.26 Å². The largest absolute Gasteiger partial charge is 0.458 e. The molecule has 0 unspecified atom stereocenters. The van der Waals surface area contributed by atoms with Crippen LogP contribution in [-0.2, 0) is 39.1 Å². The van der Waals surface area contributed by atoms with Gasteiger partial charge in [-0.1, -0.05) is 47.7 Å². The van der Waals surface area contributed by atoms with Gasteiger partial charge in [0.15, 0.2) is 4.96 Å². The Bertz CT molecular complexity index is 1520. The molecule has 2 aromatic heterocycles. The van der Waals surface area contributed by atoms with Crippen LogP contribution in [0.3, 0.4) is 0 Å². The van der Waals surface area contributed by atoms with E-state index >= 15 is 0 Å². The van der Waals surface area contributed by atoms with Crippen LogP contribution in [0.5, 0.6) is 0 Å². The molecule has 1 aliphatic heterocycles. The summed E-state index contributed by atoms with van der Waals surface area (Å²) in [5.41, 5.74) is 2.61. The normalized spacial score (nSPS) is 16.8. The quantitative estimate of drug-likeness (QED) is 0.426. The molecule has 0 bridgehead atoms. The van der Waals surface area contributed by atoms with Crippen molar-refractivity contribution in [2.45, 2.75) is 25.6 Å². The molecule has 0 N–H and O–H groups in total. The van der Waals surface area contributed by atoms with Gasteiger partial charge in [0, 0.05) is 19.0 Å². The van der Waals surface area contributed by atoms with Crippen LogP contribution in [0.25, 0.3) is 15.2 Å². The van der Waals surface area contributed by atoms with Gasteiger partial charge in [-0.25, -0.2) is 13.4 Å². The third-order valence-electron chi connectivity index (χ3n) is 5.51. The summed E-state index contributed by atoms with van der Waals surface area (Å²) < 4.78 is 33.7. The summed E-state index contributed by atoms with van der Waals surface area (Å²) >= 11 is 1.37. The molecule has 0 radical (unpaired) electrons. The molecule has 32 heavy (non-hydrogen) atoms. The highest BCUT2D eigenvalue weighted by molar-refractivity contribution is 7.88. The van der Waals surface area contributed by atoms with Crippen molar-refractivity contribution in [3.63, 3.8) is 0 Å². The van der Waals surface area contributed by atoms with Crippen molar-refractivity contribution in [1.29, 1.82) is 0 Å². The lowest BCUT2D eigenvalue weighted by molar-refractivity contribution is -0.150. The number of benzene rings is 2. The molecule has 0 fully saturated rings. The summed E-state index contributed by atoms with van der Waals surface area (Å²) in [4.78, 5) is 30.5. The minimum Gasteiger partial charge on any atom is -0.458 e. The molecule has 3 heterocycles. The number of hydrogen-bond donors (Lipinski definition) is 0. The third-order valence-corrected chi connectivity index (χ3v) is 7.77. The second kappa shape index (κ2) is 7.80. The maximum absolute atomic E-state index is 12.9. The Morgan fingerprint density at radius 2 is 1.88 bits per heavy atom. The van der Waals surface area contributed by atoms with Crippen molar-refractivity contribution in [3.05, 3.63) is 81.8 Å². The highest BCUT2D eigenvalue weighted by Gasteiger charge is 2.37. The molecular weight excluding hydrogens is 450 g/mol. The highest BCUT2D eigenvalue weighted by Crippen LogP contribution is 2.27. The fraction of sp³-hybridized carbons (Fsp3) is 0.227. The van der Waals surface area contributed by atoms with E-state index in [0.29, 0.717) is 10.7 Å². The first-order valence-corrected chi connectivity index (χ1v) is 12.6. The fourth-order valence-corrected chi connectivity index (χ4v) is 6.03. The van der Waals surface area contributed by atoms with Gasteiger partial charge in [-0.2, -0.15) is 4.31 Å². The maximum atomic E-state index is 12.9. The SMILES string of the molecule is CS(=O)(=O)N1Cc2ccccc2C[C@H]1C(=O)OCc1cc(=O)n2c(n1)sc1ccccc12. The van der Waals surface area contributed by atoms with E-state index in [4.69, 9.17) is 4.74 Å². The van der Waals surface area contributed by atoms with Crippen molar-refractivity contribution >= 4 is 42.5 Å². The second-order valence-electron chi connectivity index (χ2n) is 7.68. The van der Waals surface area contributed by atoms with Gasteiger partial charge in [0.2, 0.25) is 10.0 Å². The van der Waals surface area contributed by atoms with E-state index in [9.17, 15) is 18.0 Å². The molecule has 0 amide bonds. The van der Waals surface area contributed by atoms with Gasteiger partial charge < -0.3 is 4.74 Å². The summed E-state index contributed by atoms with van der Waals surface area (Å²) in [7, 11) is -3.63. The summed E-state index contributed by atoms with van der Waals surface area (Å²) in [5, 5.41) is 0. The predicted molar refractivity (Wildman–Crippen MR) is 121 cm³/mol. The van der Waals surface area contributed by atoms with Crippen LogP contribution in [0.15, 0.2) is 59.4 Å². The Morgan fingerprint density at radius 3 is 2.66 bits per heavy atom. The van der Waals surface area contributed by atoms with Crippen LogP contribution in [-0.4, -0.2) is 40.4 Å². The Labute approximate surface area is 187 Å². The monoisotopic (exact) mass is 469 g/mol.